The van der Waals surface area contributed by atoms with Crippen molar-refractivity contribution in [1.82, 2.24) is 24.5 Å². The summed E-state index contributed by atoms with van der Waals surface area (Å²) in [6.07, 6.45) is 3.30. The largest absolute Gasteiger partial charge is 0.341 e. The summed E-state index contributed by atoms with van der Waals surface area (Å²) in [5.41, 5.74) is 3.23. The van der Waals surface area contributed by atoms with Gasteiger partial charge < -0.3 is 4.90 Å². The minimum Gasteiger partial charge on any atom is -0.341 e. The SMILES string of the molecule is CCn1nc(C)c(CN(C)C(=O)C(C)Cn2cc(Cl)cn2)c1C. The second-order valence-corrected chi connectivity index (χ2v) is 6.38. The highest BCUT2D eigenvalue weighted by atomic mass is 35.5. The third-order valence-electron chi connectivity index (χ3n) is 4.09. The zero-order valence-electron chi connectivity index (χ0n) is 14.4. The molecular weight excluding hydrogens is 314 g/mol. The van der Waals surface area contributed by atoms with Crippen LogP contribution in [0.5, 0.6) is 0 Å². The molecule has 2 aromatic rings. The van der Waals surface area contributed by atoms with Crippen molar-refractivity contribution < 1.29 is 4.79 Å². The van der Waals surface area contributed by atoms with Crippen LogP contribution in [-0.2, 0) is 24.4 Å². The normalized spacial score (nSPS) is 12.4. The van der Waals surface area contributed by atoms with Gasteiger partial charge in [-0.05, 0) is 20.8 Å². The molecule has 2 rings (SSSR count). The summed E-state index contributed by atoms with van der Waals surface area (Å²) in [6.45, 7) is 9.93. The fraction of sp³-hybridized carbons (Fsp3) is 0.562. The number of aromatic nitrogens is 4. The second-order valence-electron chi connectivity index (χ2n) is 5.94. The number of aryl methyl sites for hydroxylation is 2. The van der Waals surface area contributed by atoms with Gasteiger partial charge in [-0.2, -0.15) is 10.2 Å². The predicted octanol–water partition coefficient (Wildman–Crippen LogP) is 2.66. The number of hydrogen-bond acceptors (Lipinski definition) is 3. The summed E-state index contributed by atoms with van der Waals surface area (Å²) >= 11 is 5.86. The molecule has 126 valence electrons. The molecule has 2 heterocycles. The molecular formula is C16H24ClN5O. The number of halogens is 1. The number of hydrogen-bond donors (Lipinski definition) is 0. The zero-order chi connectivity index (χ0) is 17.1. The maximum Gasteiger partial charge on any atom is 0.227 e. The minimum atomic E-state index is -0.169. The van der Waals surface area contributed by atoms with Crippen LogP contribution in [0.2, 0.25) is 5.02 Å². The van der Waals surface area contributed by atoms with Gasteiger partial charge in [0.05, 0.1) is 29.4 Å². The van der Waals surface area contributed by atoms with E-state index in [1.165, 1.54) is 0 Å². The van der Waals surface area contributed by atoms with E-state index in [4.69, 9.17) is 11.6 Å². The molecule has 0 saturated carbocycles. The van der Waals surface area contributed by atoms with E-state index in [1.54, 1.807) is 22.0 Å². The molecule has 0 spiro atoms. The number of nitrogens with zero attached hydrogens (tertiary/aromatic N) is 5. The van der Waals surface area contributed by atoms with Crippen molar-refractivity contribution in [2.24, 2.45) is 5.92 Å². The second kappa shape index (κ2) is 7.17. The molecule has 0 aliphatic heterocycles. The molecule has 0 bridgehead atoms. The van der Waals surface area contributed by atoms with Gasteiger partial charge in [0.15, 0.2) is 0 Å². The van der Waals surface area contributed by atoms with Crippen molar-refractivity contribution in [3.8, 4) is 0 Å². The molecule has 0 radical (unpaired) electrons. The van der Waals surface area contributed by atoms with E-state index in [-0.39, 0.29) is 11.8 Å². The molecule has 0 saturated heterocycles. The van der Waals surface area contributed by atoms with Crippen LogP contribution >= 0.6 is 11.6 Å². The van der Waals surface area contributed by atoms with Gasteiger partial charge >= 0.3 is 0 Å². The van der Waals surface area contributed by atoms with Gasteiger partial charge in [0.25, 0.3) is 0 Å². The van der Waals surface area contributed by atoms with Crippen molar-refractivity contribution in [2.75, 3.05) is 7.05 Å². The van der Waals surface area contributed by atoms with E-state index in [2.05, 4.69) is 17.1 Å². The van der Waals surface area contributed by atoms with Crippen LogP contribution < -0.4 is 0 Å². The third-order valence-corrected chi connectivity index (χ3v) is 4.28. The topological polar surface area (TPSA) is 56.0 Å². The van der Waals surface area contributed by atoms with Crippen LogP contribution in [0.3, 0.4) is 0 Å². The van der Waals surface area contributed by atoms with E-state index < -0.39 is 0 Å². The van der Waals surface area contributed by atoms with Gasteiger partial charge in [-0.3, -0.25) is 14.2 Å². The van der Waals surface area contributed by atoms with Crippen LogP contribution in [-0.4, -0.2) is 37.4 Å². The Morgan fingerprint density at radius 3 is 2.65 bits per heavy atom. The number of carbonyl (C=O) groups is 1. The molecule has 7 heteroatoms. The van der Waals surface area contributed by atoms with Crippen LogP contribution in [0.15, 0.2) is 12.4 Å². The maximum absolute atomic E-state index is 12.6. The highest BCUT2D eigenvalue weighted by molar-refractivity contribution is 6.30. The first-order valence-electron chi connectivity index (χ1n) is 7.79. The molecule has 0 aliphatic rings. The summed E-state index contributed by atoms with van der Waals surface area (Å²) in [5.74, 6) is -0.0857. The van der Waals surface area contributed by atoms with E-state index in [0.717, 1.165) is 23.5 Å². The van der Waals surface area contributed by atoms with Crippen molar-refractivity contribution in [1.29, 1.82) is 0 Å². The third kappa shape index (κ3) is 3.93. The number of carbonyl (C=O) groups excluding carboxylic acids is 1. The van der Waals surface area contributed by atoms with E-state index in [9.17, 15) is 4.79 Å². The Kier molecular flexibility index (Phi) is 5.46. The van der Waals surface area contributed by atoms with Crippen LogP contribution in [0, 0.1) is 19.8 Å². The minimum absolute atomic E-state index is 0.0830. The lowest BCUT2D eigenvalue weighted by Gasteiger charge is -2.21. The van der Waals surface area contributed by atoms with E-state index in [0.29, 0.717) is 18.1 Å². The predicted molar refractivity (Wildman–Crippen MR) is 90.3 cm³/mol. The molecule has 0 aliphatic carbocycles. The van der Waals surface area contributed by atoms with Crippen molar-refractivity contribution in [3.05, 3.63) is 34.4 Å². The Hall–Kier alpha value is -1.82. The molecule has 1 unspecified atom stereocenters. The molecule has 0 fully saturated rings. The molecule has 0 aromatic carbocycles. The molecule has 2 aromatic heterocycles. The number of amides is 1. The van der Waals surface area contributed by atoms with Crippen molar-refractivity contribution >= 4 is 17.5 Å². The van der Waals surface area contributed by atoms with Crippen molar-refractivity contribution in [3.63, 3.8) is 0 Å². The first-order chi connectivity index (χ1) is 10.8. The first kappa shape index (κ1) is 17.5. The van der Waals surface area contributed by atoms with Gasteiger partial charge in [0, 0.05) is 37.6 Å². The van der Waals surface area contributed by atoms with Gasteiger partial charge in [0.2, 0.25) is 5.91 Å². The average molecular weight is 338 g/mol. The smallest absolute Gasteiger partial charge is 0.227 e. The lowest BCUT2D eigenvalue weighted by atomic mass is 10.1. The molecule has 6 nitrogen and oxygen atoms in total. The van der Waals surface area contributed by atoms with Gasteiger partial charge in [-0.25, -0.2) is 0 Å². The summed E-state index contributed by atoms with van der Waals surface area (Å²) in [6, 6.07) is 0. The molecule has 23 heavy (non-hydrogen) atoms. The summed E-state index contributed by atoms with van der Waals surface area (Å²) < 4.78 is 3.67. The summed E-state index contributed by atoms with van der Waals surface area (Å²) in [5, 5.41) is 9.21. The lowest BCUT2D eigenvalue weighted by Crippen LogP contribution is -2.33. The first-order valence-corrected chi connectivity index (χ1v) is 8.17. The molecule has 1 amide bonds. The quantitative estimate of drug-likeness (QED) is 0.814. The Labute approximate surface area is 142 Å². The van der Waals surface area contributed by atoms with Crippen LogP contribution in [0.25, 0.3) is 0 Å². The Balaban J connectivity index is 2.03. The molecule has 1 atom stereocenters. The summed E-state index contributed by atoms with van der Waals surface area (Å²) in [4.78, 5) is 14.3. The highest BCUT2D eigenvalue weighted by Crippen LogP contribution is 2.17. The summed E-state index contributed by atoms with van der Waals surface area (Å²) in [7, 11) is 1.83. The van der Waals surface area contributed by atoms with Gasteiger partial charge in [-0.15, -0.1) is 0 Å². The van der Waals surface area contributed by atoms with Crippen LogP contribution in [0.1, 0.15) is 30.8 Å². The Bertz CT molecular complexity index is 691. The monoisotopic (exact) mass is 337 g/mol. The Morgan fingerprint density at radius 2 is 2.13 bits per heavy atom. The fourth-order valence-electron chi connectivity index (χ4n) is 2.76. The Morgan fingerprint density at radius 1 is 1.43 bits per heavy atom. The van der Waals surface area contributed by atoms with Crippen LogP contribution in [0.4, 0.5) is 0 Å². The van der Waals surface area contributed by atoms with E-state index in [1.807, 2.05) is 32.5 Å². The highest BCUT2D eigenvalue weighted by Gasteiger charge is 2.21. The zero-order valence-corrected chi connectivity index (χ0v) is 15.1. The fourth-order valence-corrected chi connectivity index (χ4v) is 2.92. The maximum atomic E-state index is 12.6. The van der Waals surface area contributed by atoms with E-state index >= 15 is 0 Å². The lowest BCUT2D eigenvalue weighted by molar-refractivity contribution is -0.134. The average Bonchev–Trinajstić information content (AvgIpc) is 3.03. The number of rotatable bonds is 6. The van der Waals surface area contributed by atoms with Gasteiger partial charge in [-0.1, -0.05) is 18.5 Å². The van der Waals surface area contributed by atoms with Gasteiger partial charge in [0.1, 0.15) is 0 Å². The molecule has 0 N–H and O–H groups in total. The standard InChI is InChI=1S/C16H24ClN5O/c1-6-22-13(4)15(12(3)19-22)10-20(5)16(23)11(2)8-21-9-14(17)7-18-21/h7,9,11H,6,8,10H2,1-5H3. The van der Waals surface area contributed by atoms with Crippen molar-refractivity contribution in [2.45, 2.75) is 47.3 Å².